The molecule has 1 aliphatic carbocycles. The molecule has 0 spiro atoms. The Morgan fingerprint density at radius 2 is 1.95 bits per heavy atom. The summed E-state index contributed by atoms with van der Waals surface area (Å²) in [5, 5.41) is 14.1. The molecule has 1 aliphatic rings. The molecule has 1 fully saturated rings. The molecule has 0 radical (unpaired) electrons. The van der Waals surface area contributed by atoms with E-state index in [0.29, 0.717) is 6.04 Å². The molecule has 1 N–H and O–H groups in total. The Kier molecular flexibility index (Phi) is 3.52. The molecule has 0 unspecified atom stereocenters. The number of nitro benzene ring substituents is 1. The molecule has 0 saturated heterocycles. The molecule has 1 heterocycles. The summed E-state index contributed by atoms with van der Waals surface area (Å²) in [6.07, 6.45) is 6.76. The first kappa shape index (κ1) is 12.9. The van der Waals surface area contributed by atoms with Gasteiger partial charge in [0.15, 0.2) is 0 Å². The van der Waals surface area contributed by atoms with Gasteiger partial charge in [-0.25, -0.2) is 0 Å². The maximum Gasteiger partial charge on any atom is 0.269 e. The van der Waals surface area contributed by atoms with Crippen LogP contribution in [0.2, 0.25) is 0 Å². The minimum absolute atomic E-state index is 0.135. The van der Waals surface area contributed by atoms with Crippen molar-refractivity contribution in [3.63, 3.8) is 0 Å². The Bertz CT molecular complexity index is 600. The van der Waals surface area contributed by atoms with E-state index >= 15 is 0 Å². The maximum atomic E-state index is 10.6. The summed E-state index contributed by atoms with van der Waals surface area (Å²) in [5.74, 6) is 0. The summed E-state index contributed by atoms with van der Waals surface area (Å²) in [5.41, 5.74) is 2.47. The van der Waals surface area contributed by atoms with Crippen molar-refractivity contribution in [1.82, 2.24) is 9.88 Å². The van der Waals surface area contributed by atoms with E-state index in [1.165, 1.54) is 18.4 Å². The lowest BCUT2D eigenvalue weighted by molar-refractivity contribution is -0.384. The van der Waals surface area contributed by atoms with Crippen molar-refractivity contribution in [3.05, 3.63) is 64.0 Å². The first-order chi connectivity index (χ1) is 9.70. The number of nitro groups is 1. The Morgan fingerprint density at radius 1 is 1.20 bits per heavy atom. The summed E-state index contributed by atoms with van der Waals surface area (Å²) < 4.78 is 2.10. The van der Waals surface area contributed by atoms with Crippen molar-refractivity contribution in [3.8, 4) is 0 Å². The van der Waals surface area contributed by atoms with Gasteiger partial charge in [-0.2, -0.15) is 0 Å². The molecule has 104 valence electrons. The highest BCUT2D eigenvalue weighted by Gasteiger charge is 2.19. The van der Waals surface area contributed by atoms with E-state index in [0.717, 1.165) is 18.7 Å². The van der Waals surface area contributed by atoms with Crippen LogP contribution in [0.4, 0.5) is 5.69 Å². The molecule has 0 bridgehead atoms. The van der Waals surface area contributed by atoms with Gasteiger partial charge >= 0.3 is 0 Å². The van der Waals surface area contributed by atoms with E-state index in [9.17, 15) is 10.1 Å². The fourth-order valence-corrected chi connectivity index (χ4v) is 2.18. The second kappa shape index (κ2) is 5.46. The van der Waals surface area contributed by atoms with Gasteiger partial charge in [0.25, 0.3) is 5.69 Å². The van der Waals surface area contributed by atoms with Gasteiger partial charge in [-0.05, 0) is 30.0 Å². The van der Waals surface area contributed by atoms with Crippen LogP contribution in [-0.2, 0) is 13.1 Å². The Morgan fingerprint density at radius 3 is 2.60 bits per heavy atom. The minimum Gasteiger partial charge on any atom is -0.350 e. The van der Waals surface area contributed by atoms with Crippen molar-refractivity contribution in [2.75, 3.05) is 0 Å². The molecular formula is C15H17N3O2. The van der Waals surface area contributed by atoms with E-state index in [1.807, 2.05) is 6.20 Å². The van der Waals surface area contributed by atoms with E-state index < -0.39 is 0 Å². The maximum absolute atomic E-state index is 10.6. The topological polar surface area (TPSA) is 60.1 Å². The Labute approximate surface area is 117 Å². The largest absolute Gasteiger partial charge is 0.350 e. The number of rotatable bonds is 6. The van der Waals surface area contributed by atoms with Gasteiger partial charge in [0.2, 0.25) is 0 Å². The minimum atomic E-state index is -0.374. The molecule has 0 aliphatic heterocycles. The second-order valence-corrected chi connectivity index (χ2v) is 5.27. The smallest absolute Gasteiger partial charge is 0.269 e. The molecule has 1 aromatic carbocycles. The molecule has 0 amide bonds. The summed E-state index contributed by atoms with van der Waals surface area (Å²) in [4.78, 5) is 10.2. The summed E-state index contributed by atoms with van der Waals surface area (Å²) >= 11 is 0. The Hall–Kier alpha value is -2.14. The molecular weight excluding hydrogens is 254 g/mol. The second-order valence-electron chi connectivity index (χ2n) is 5.27. The van der Waals surface area contributed by atoms with Crippen molar-refractivity contribution < 1.29 is 4.92 Å². The Balaban J connectivity index is 1.60. The fourth-order valence-electron chi connectivity index (χ4n) is 2.18. The van der Waals surface area contributed by atoms with Crippen LogP contribution in [0, 0.1) is 10.1 Å². The van der Waals surface area contributed by atoms with Gasteiger partial charge in [-0.15, -0.1) is 0 Å². The zero-order valence-electron chi connectivity index (χ0n) is 11.2. The van der Waals surface area contributed by atoms with Gasteiger partial charge in [0, 0.05) is 43.7 Å². The fraction of sp³-hybridized carbons (Fsp3) is 0.333. The molecule has 20 heavy (non-hydrogen) atoms. The average molecular weight is 271 g/mol. The molecule has 5 nitrogen and oxygen atoms in total. The quantitative estimate of drug-likeness (QED) is 0.649. The molecule has 2 aromatic rings. The average Bonchev–Trinajstić information content (AvgIpc) is 3.17. The summed E-state index contributed by atoms with van der Waals surface area (Å²) in [7, 11) is 0. The monoisotopic (exact) mass is 271 g/mol. The predicted octanol–water partition coefficient (Wildman–Crippen LogP) is 2.70. The zero-order valence-corrected chi connectivity index (χ0v) is 11.2. The lowest BCUT2D eigenvalue weighted by atomic mass is 10.2. The predicted molar refractivity (Wildman–Crippen MR) is 76.5 cm³/mol. The third kappa shape index (κ3) is 3.24. The zero-order chi connectivity index (χ0) is 13.9. The highest BCUT2D eigenvalue weighted by atomic mass is 16.6. The third-order valence-electron chi connectivity index (χ3n) is 3.50. The van der Waals surface area contributed by atoms with Crippen LogP contribution in [0.1, 0.15) is 24.0 Å². The number of aromatic nitrogens is 1. The first-order valence-corrected chi connectivity index (χ1v) is 6.82. The van der Waals surface area contributed by atoms with Gasteiger partial charge in [-0.1, -0.05) is 12.1 Å². The SMILES string of the molecule is O=[N+]([O-])c1ccc(Cn2ccc(CNC3CC3)c2)cc1. The summed E-state index contributed by atoms with van der Waals surface area (Å²) in [6, 6.07) is 9.54. The highest BCUT2D eigenvalue weighted by Crippen LogP contribution is 2.19. The standard InChI is InChI=1S/C15H17N3O2/c19-18(20)15-5-1-12(2-6-15)10-17-8-7-13(11-17)9-16-14-3-4-14/h1-2,5-8,11,14,16H,3-4,9-10H2. The number of nitrogens with one attached hydrogen (secondary N) is 1. The van der Waals surface area contributed by atoms with Crippen LogP contribution in [-0.4, -0.2) is 15.5 Å². The van der Waals surface area contributed by atoms with Crippen molar-refractivity contribution in [2.45, 2.75) is 32.0 Å². The number of nitrogens with zero attached hydrogens (tertiary/aromatic N) is 2. The summed E-state index contributed by atoms with van der Waals surface area (Å²) in [6.45, 7) is 1.65. The first-order valence-electron chi connectivity index (χ1n) is 6.82. The molecule has 1 aromatic heterocycles. The molecule has 3 rings (SSSR count). The van der Waals surface area contributed by atoms with Gasteiger partial charge in [-0.3, -0.25) is 10.1 Å². The van der Waals surface area contributed by atoms with Crippen LogP contribution in [0.25, 0.3) is 0 Å². The van der Waals surface area contributed by atoms with Crippen molar-refractivity contribution in [1.29, 1.82) is 0 Å². The van der Waals surface area contributed by atoms with Gasteiger partial charge < -0.3 is 9.88 Å². The number of benzene rings is 1. The third-order valence-corrected chi connectivity index (χ3v) is 3.50. The van der Waals surface area contributed by atoms with E-state index in [4.69, 9.17) is 0 Å². The van der Waals surface area contributed by atoms with Gasteiger partial charge in [0.05, 0.1) is 4.92 Å². The van der Waals surface area contributed by atoms with E-state index in [2.05, 4.69) is 22.1 Å². The normalized spacial score (nSPS) is 14.4. The van der Waals surface area contributed by atoms with Crippen molar-refractivity contribution in [2.24, 2.45) is 0 Å². The van der Waals surface area contributed by atoms with Crippen LogP contribution < -0.4 is 5.32 Å². The molecule has 0 atom stereocenters. The van der Waals surface area contributed by atoms with Crippen LogP contribution >= 0.6 is 0 Å². The number of hydrogen-bond acceptors (Lipinski definition) is 3. The van der Waals surface area contributed by atoms with Gasteiger partial charge in [0.1, 0.15) is 0 Å². The lowest BCUT2D eigenvalue weighted by Crippen LogP contribution is -2.14. The number of hydrogen-bond donors (Lipinski definition) is 1. The van der Waals surface area contributed by atoms with Crippen molar-refractivity contribution >= 4 is 5.69 Å². The van der Waals surface area contributed by atoms with E-state index in [-0.39, 0.29) is 10.6 Å². The van der Waals surface area contributed by atoms with Crippen LogP contribution in [0.3, 0.4) is 0 Å². The molecule has 5 heteroatoms. The number of non-ortho nitro benzene ring substituents is 1. The van der Waals surface area contributed by atoms with E-state index in [1.54, 1.807) is 24.3 Å². The molecule has 1 saturated carbocycles. The van der Waals surface area contributed by atoms with Crippen LogP contribution in [0.15, 0.2) is 42.7 Å². The highest BCUT2D eigenvalue weighted by molar-refractivity contribution is 5.33. The van der Waals surface area contributed by atoms with Crippen LogP contribution in [0.5, 0.6) is 0 Å². The lowest BCUT2D eigenvalue weighted by Gasteiger charge is -2.03.